The van der Waals surface area contributed by atoms with Gasteiger partial charge in [0.1, 0.15) is 0 Å². The second kappa shape index (κ2) is 7.40. The average molecular weight is 294 g/mol. The van der Waals surface area contributed by atoms with E-state index in [1.54, 1.807) is 0 Å². The summed E-state index contributed by atoms with van der Waals surface area (Å²) in [6.45, 7) is 9.18. The van der Waals surface area contributed by atoms with Crippen molar-refractivity contribution in [2.45, 2.75) is 52.2 Å². The quantitative estimate of drug-likeness (QED) is 0.822. The van der Waals surface area contributed by atoms with E-state index in [9.17, 15) is 0 Å². The minimum absolute atomic E-state index is 0.00641. The number of ether oxygens (including phenoxy) is 1. The molecular formula is C14H26N6O. The second-order valence-electron chi connectivity index (χ2n) is 5.79. The van der Waals surface area contributed by atoms with Gasteiger partial charge in [-0.25, -0.2) is 0 Å². The first kappa shape index (κ1) is 15.8. The highest BCUT2D eigenvalue weighted by molar-refractivity contribution is 5.32. The van der Waals surface area contributed by atoms with Crippen LogP contribution in [0.5, 0.6) is 6.01 Å². The monoisotopic (exact) mass is 294 g/mol. The van der Waals surface area contributed by atoms with Gasteiger partial charge in [-0.3, -0.25) is 4.90 Å². The maximum absolute atomic E-state index is 5.69. The highest BCUT2D eigenvalue weighted by Crippen LogP contribution is 2.14. The molecule has 0 aliphatic carbocycles. The molecule has 0 amide bonds. The maximum Gasteiger partial charge on any atom is 0.323 e. The molecule has 0 aromatic carbocycles. The lowest BCUT2D eigenvalue weighted by atomic mass is 10.1. The fraction of sp³-hybridized carbons (Fsp3) is 0.786. The summed E-state index contributed by atoms with van der Waals surface area (Å²) in [5.41, 5.74) is 5.69. The highest BCUT2D eigenvalue weighted by Gasteiger charge is 2.17. The van der Waals surface area contributed by atoms with Crippen LogP contribution in [-0.2, 0) is 0 Å². The normalized spacial score (nSPS) is 17.7. The third-order valence-electron chi connectivity index (χ3n) is 3.54. The number of likely N-dealkylation sites (tertiary alicyclic amines) is 1. The molecule has 0 saturated carbocycles. The Labute approximate surface area is 126 Å². The van der Waals surface area contributed by atoms with Gasteiger partial charge in [-0.2, -0.15) is 15.0 Å². The molecule has 7 heteroatoms. The zero-order chi connectivity index (χ0) is 15.2. The summed E-state index contributed by atoms with van der Waals surface area (Å²) < 4.78 is 5.47. The Balaban J connectivity index is 1.91. The molecule has 1 aliphatic rings. The molecular weight excluding hydrogens is 268 g/mol. The van der Waals surface area contributed by atoms with Crippen molar-refractivity contribution in [1.82, 2.24) is 19.9 Å². The molecule has 1 aromatic rings. The standard InChI is InChI=1S/C14H26N6O/c1-10(2)21-14-18-12(15)17-13(19-14)16-9-11(3)20-7-5-4-6-8-20/h10-11H,4-9H2,1-3H3,(H3,15,16,17,18,19). The van der Waals surface area contributed by atoms with Gasteiger partial charge in [-0.1, -0.05) is 6.42 Å². The van der Waals surface area contributed by atoms with Crippen LogP contribution in [0.2, 0.25) is 0 Å². The van der Waals surface area contributed by atoms with Gasteiger partial charge in [0.05, 0.1) is 6.10 Å². The zero-order valence-electron chi connectivity index (χ0n) is 13.2. The Kier molecular flexibility index (Phi) is 5.55. The van der Waals surface area contributed by atoms with Crippen molar-refractivity contribution in [2.24, 2.45) is 0 Å². The van der Waals surface area contributed by atoms with Crippen LogP contribution in [-0.4, -0.2) is 51.6 Å². The summed E-state index contributed by atoms with van der Waals surface area (Å²) in [5, 5.41) is 3.23. The lowest BCUT2D eigenvalue weighted by Gasteiger charge is -2.32. The smallest absolute Gasteiger partial charge is 0.323 e. The Morgan fingerprint density at radius 2 is 1.86 bits per heavy atom. The molecule has 1 fully saturated rings. The van der Waals surface area contributed by atoms with Crippen molar-refractivity contribution in [3.8, 4) is 6.01 Å². The van der Waals surface area contributed by atoms with Crippen LogP contribution in [0.15, 0.2) is 0 Å². The number of hydrogen-bond donors (Lipinski definition) is 2. The Bertz CT molecular complexity index is 447. The van der Waals surface area contributed by atoms with Gasteiger partial charge < -0.3 is 15.8 Å². The molecule has 1 saturated heterocycles. The van der Waals surface area contributed by atoms with E-state index < -0.39 is 0 Å². The van der Waals surface area contributed by atoms with Crippen molar-refractivity contribution in [1.29, 1.82) is 0 Å². The Morgan fingerprint density at radius 3 is 2.52 bits per heavy atom. The molecule has 1 aromatic heterocycles. The lowest BCUT2D eigenvalue weighted by molar-refractivity contribution is 0.180. The van der Waals surface area contributed by atoms with Gasteiger partial charge in [-0.05, 0) is 46.7 Å². The molecule has 2 rings (SSSR count). The molecule has 0 radical (unpaired) electrons. The largest absolute Gasteiger partial charge is 0.461 e. The Morgan fingerprint density at radius 1 is 1.14 bits per heavy atom. The van der Waals surface area contributed by atoms with Crippen molar-refractivity contribution < 1.29 is 4.74 Å². The summed E-state index contributed by atoms with van der Waals surface area (Å²) in [6, 6.07) is 0.711. The summed E-state index contributed by atoms with van der Waals surface area (Å²) in [7, 11) is 0. The molecule has 0 bridgehead atoms. The molecule has 2 heterocycles. The number of nitrogen functional groups attached to an aromatic ring is 1. The van der Waals surface area contributed by atoms with Gasteiger partial charge in [0, 0.05) is 12.6 Å². The molecule has 0 spiro atoms. The molecule has 7 nitrogen and oxygen atoms in total. The van der Waals surface area contributed by atoms with Crippen LogP contribution < -0.4 is 15.8 Å². The Hall–Kier alpha value is -1.63. The second-order valence-corrected chi connectivity index (χ2v) is 5.79. The van der Waals surface area contributed by atoms with E-state index in [0.717, 1.165) is 6.54 Å². The first-order valence-electron chi connectivity index (χ1n) is 7.70. The van der Waals surface area contributed by atoms with E-state index in [2.05, 4.69) is 32.1 Å². The molecule has 1 unspecified atom stereocenters. The fourth-order valence-electron chi connectivity index (χ4n) is 2.44. The lowest BCUT2D eigenvalue weighted by Crippen LogP contribution is -2.41. The summed E-state index contributed by atoms with van der Waals surface area (Å²) in [5.74, 6) is 0.649. The SMILES string of the molecule is CC(C)Oc1nc(N)nc(NCC(C)N2CCCCC2)n1. The summed E-state index contributed by atoms with van der Waals surface area (Å²) >= 11 is 0. The van der Waals surface area contributed by atoms with Crippen LogP contribution in [0.25, 0.3) is 0 Å². The minimum Gasteiger partial charge on any atom is -0.461 e. The molecule has 1 atom stereocenters. The van der Waals surface area contributed by atoms with E-state index in [0.29, 0.717) is 12.0 Å². The van der Waals surface area contributed by atoms with Crippen LogP contribution in [0.1, 0.15) is 40.0 Å². The topological polar surface area (TPSA) is 89.2 Å². The van der Waals surface area contributed by atoms with Crippen molar-refractivity contribution in [2.75, 3.05) is 30.7 Å². The van der Waals surface area contributed by atoms with Crippen LogP contribution in [0.4, 0.5) is 11.9 Å². The number of piperidine rings is 1. The van der Waals surface area contributed by atoms with Gasteiger partial charge in [0.25, 0.3) is 0 Å². The fourth-order valence-corrected chi connectivity index (χ4v) is 2.44. The van der Waals surface area contributed by atoms with Crippen molar-refractivity contribution >= 4 is 11.9 Å². The van der Waals surface area contributed by atoms with Gasteiger partial charge in [0.2, 0.25) is 11.9 Å². The zero-order valence-corrected chi connectivity index (χ0v) is 13.2. The van der Waals surface area contributed by atoms with Crippen molar-refractivity contribution in [3.63, 3.8) is 0 Å². The highest BCUT2D eigenvalue weighted by atomic mass is 16.5. The van der Waals surface area contributed by atoms with Gasteiger partial charge in [-0.15, -0.1) is 0 Å². The first-order chi connectivity index (χ1) is 10.0. The minimum atomic E-state index is 0.00641. The average Bonchev–Trinajstić information content (AvgIpc) is 2.44. The first-order valence-corrected chi connectivity index (χ1v) is 7.70. The predicted octanol–water partition coefficient (Wildman–Crippen LogP) is 1.53. The maximum atomic E-state index is 5.69. The molecule has 1 aliphatic heterocycles. The number of anilines is 2. The number of nitrogens with zero attached hydrogens (tertiary/aromatic N) is 4. The van der Waals surface area contributed by atoms with E-state index >= 15 is 0 Å². The summed E-state index contributed by atoms with van der Waals surface area (Å²) in [4.78, 5) is 14.8. The third-order valence-corrected chi connectivity index (χ3v) is 3.54. The van der Waals surface area contributed by atoms with Crippen LogP contribution in [0, 0.1) is 0 Å². The molecule has 3 N–H and O–H groups in total. The number of rotatable bonds is 6. The molecule has 118 valence electrons. The third kappa shape index (κ3) is 5.00. The summed E-state index contributed by atoms with van der Waals surface area (Å²) in [6.07, 6.45) is 3.92. The van der Waals surface area contributed by atoms with Crippen molar-refractivity contribution in [3.05, 3.63) is 0 Å². The number of aromatic nitrogens is 3. The van der Waals surface area contributed by atoms with E-state index in [1.165, 1.54) is 32.4 Å². The van der Waals surface area contributed by atoms with E-state index in [4.69, 9.17) is 10.5 Å². The van der Waals surface area contributed by atoms with Crippen LogP contribution >= 0.6 is 0 Å². The van der Waals surface area contributed by atoms with Gasteiger partial charge in [0.15, 0.2) is 0 Å². The van der Waals surface area contributed by atoms with E-state index in [-0.39, 0.29) is 18.1 Å². The number of nitrogens with one attached hydrogen (secondary N) is 1. The number of nitrogens with two attached hydrogens (primary N) is 1. The van der Waals surface area contributed by atoms with Gasteiger partial charge >= 0.3 is 6.01 Å². The predicted molar refractivity (Wildman–Crippen MR) is 83.4 cm³/mol. The molecule has 21 heavy (non-hydrogen) atoms. The van der Waals surface area contributed by atoms with E-state index in [1.807, 2.05) is 13.8 Å². The number of hydrogen-bond acceptors (Lipinski definition) is 7. The van der Waals surface area contributed by atoms with Crippen LogP contribution in [0.3, 0.4) is 0 Å².